The Hall–Kier alpha value is -2.53. The van der Waals surface area contributed by atoms with E-state index in [1.54, 1.807) is 37.3 Å². The van der Waals surface area contributed by atoms with E-state index in [2.05, 4.69) is 10.6 Å². The number of benzene rings is 2. The number of carbonyl (C=O) groups is 2. The highest BCUT2D eigenvalue weighted by Gasteiger charge is 2.18. The summed E-state index contributed by atoms with van der Waals surface area (Å²) in [6.07, 6.45) is -0.694. The third-order valence-electron chi connectivity index (χ3n) is 3.58. The molecule has 132 valence electrons. The smallest absolute Gasteiger partial charge is 0.261 e. The van der Waals surface area contributed by atoms with E-state index in [0.29, 0.717) is 16.5 Å². The van der Waals surface area contributed by atoms with Gasteiger partial charge in [0.05, 0.1) is 11.1 Å². The molecule has 0 aromatic heterocycles. The van der Waals surface area contributed by atoms with Gasteiger partial charge in [-0.15, -0.1) is 0 Å². The zero-order chi connectivity index (χ0) is 18.4. The summed E-state index contributed by atoms with van der Waals surface area (Å²) >= 11 is 6.04. The Bertz CT molecular complexity index is 764. The van der Waals surface area contributed by atoms with Gasteiger partial charge < -0.3 is 15.4 Å². The van der Waals surface area contributed by atoms with E-state index in [1.165, 1.54) is 6.92 Å². The molecule has 2 N–H and O–H groups in total. The van der Waals surface area contributed by atoms with Gasteiger partial charge in [-0.3, -0.25) is 9.59 Å². The van der Waals surface area contributed by atoms with Gasteiger partial charge >= 0.3 is 0 Å². The molecule has 0 aliphatic rings. The molecule has 0 heterocycles. The van der Waals surface area contributed by atoms with Crippen molar-refractivity contribution < 1.29 is 14.3 Å². The highest BCUT2D eigenvalue weighted by Crippen LogP contribution is 2.24. The van der Waals surface area contributed by atoms with Crippen molar-refractivity contribution in [2.45, 2.75) is 32.9 Å². The molecular formula is C19H21ClN2O3. The predicted octanol–water partition coefficient (Wildman–Crippen LogP) is 3.94. The minimum Gasteiger partial charge on any atom is -0.479 e. The van der Waals surface area contributed by atoms with Gasteiger partial charge in [-0.05, 0) is 43.7 Å². The number of amides is 2. The van der Waals surface area contributed by atoms with Crippen molar-refractivity contribution in [2.24, 2.45) is 0 Å². The number of nitrogens with one attached hydrogen (secondary N) is 2. The summed E-state index contributed by atoms with van der Waals surface area (Å²) in [5.74, 6) is 0.0695. The first kappa shape index (κ1) is 18.8. The first-order valence-electron chi connectivity index (χ1n) is 7.96. The summed E-state index contributed by atoms with van der Waals surface area (Å²) in [4.78, 5) is 23.5. The van der Waals surface area contributed by atoms with Crippen LogP contribution >= 0.6 is 11.6 Å². The van der Waals surface area contributed by atoms with Crippen LogP contribution < -0.4 is 15.4 Å². The quantitative estimate of drug-likeness (QED) is 0.819. The molecule has 0 aliphatic heterocycles. The molecule has 5 nitrogen and oxygen atoms in total. The number of hydrogen-bond acceptors (Lipinski definition) is 3. The van der Waals surface area contributed by atoms with Crippen LogP contribution in [-0.4, -0.2) is 17.9 Å². The molecule has 25 heavy (non-hydrogen) atoms. The molecule has 0 bridgehead atoms. The molecule has 2 atom stereocenters. The Balaban J connectivity index is 1.99. The fourth-order valence-electron chi connectivity index (χ4n) is 2.29. The summed E-state index contributed by atoms with van der Waals surface area (Å²) < 4.78 is 5.62. The number of ether oxygens (including phenoxy) is 1. The summed E-state index contributed by atoms with van der Waals surface area (Å²) in [7, 11) is 0. The average Bonchev–Trinajstić information content (AvgIpc) is 2.56. The SMILES string of the molecule is CC(=O)Nc1cccc(C(C)NC(=O)C(C)Oc2ccccc2Cl)c1. The van der Waals surface area contributed by atoms with E-state index in [0.717, 1.165) is 5.56 Å². The molecule has 2 aromatic rings. The average molecular weight is 361 g/mol. The molecule has 2 rings (SSSR count). The third kappa shape index (κ3) is 5.50. The van der Waals surface area contributed by atoms with Crippen LogP contribution in [0.5, 0.6) is 5.75 Å². The lowest BCUT2D eigenvalue weighted by molar-refractivity contribution is -0.128. The maximum atomic E-state index is 12.4. The Morgan fingerprint density at radius 1 is 1.08 bits per heavy atom. The first-order chi connectivity index (χ1) is 11.9. The van der Waals surface area contributed by atoms with E-state index >= 15 is 0 Å². The van der Waals surface area contributed by atoms with Gasteiger partial charge in [0.25, 0.3) is 5.91 Å². The number of halogens is 1. The van der Waals surface area contributed by atoms with Crippen LogP contribution in [-0.2, 0) is 9.59 Å². The Kier molecular flexibility index (Phi) is 6.42. The molecule has 0 radical (unpaired) electrons. The second-order valence-corrected chi connectivity index (χ2v) is 6.13. The Labute approximate surface area is 152 Å². The van der Waals surface area contributed by atoms with Gasteiger partial charge in [0.15, 0.2) is 6.10 Å². The number of anilines is 1. The Morgan fingerprint density at radius 3 is 2.48 bits per heavy atom. The van der Waals surface area contributed by atoms with Gasteiger partial charge in [-0.1, -0.05) is 35.9 Å². The van der Waals surface area contributed by atoms with E-state index < -0.39 is 6.10 Å². The fraction of sp³-hybridized carbons (Fsp3) is 0.263. The number of hydrogen-bond donors (Lipinski definition) is 2. The lowest BCUT2D eigenvalue weighted by atomic mass is 10.1. The maximum absolute atomic E-state index is 12.4. The molecule has 0 saturated heterocycles. The van der Waals surface area contributed by atoms with Crippen molar-refractivity contribution in [1.82, 2.24) is 5.32 Å². The molecule has 2 unspecified atom stereocenters. The molecule has 6 heteroatoms. The maximum Gasteiger partial charge on any atom is 0.261 e. The summed E-state index contributed by atoms with van der Waals surface area (Å²) in [5, 5.41) is 6.08. The zero-order valence-electron chi connectivity index (χ0n) is 14.4. The number of carbonyl (C=O) groups excluding carboxylic acids is 2. The lowest BCUT2D eigenvalue weighted by Crippen LogP contribution is -2.37. The van der Waals surface area contributed by atoms with Crippen LogP contribution in [0.3, 0.4) is 0 Å². The van der Waals surface area contributed by atoms with Crippen LogP contribution in [0, 0.1) is 0 Å². The van der Waals surface area contributed by atoms with Crippen molar-refractivity contribution in [1.29, 1.82) is 0 Å². The normalized spacial score (nSPS) is 12.8. The molecule has 0 spiro atoms. The predicted molar refractivity (Wildman–Crippen MR) is 98.8 cm³/mol. The summed E-state index contributed by atoms with van der Waals surface area (Å²) in [6, 6.07) is 14.1. The Morgan fingerprint density at radius 2 is 1.80 bits per heavy atom. The minimum absolute atomic E-state index is 0.143. The standard InChI is InChI=1S/C19H21ClN2O3/c1-12(15-7-6-8-16(11-15)22-14(3)23)21-19(24)13(2)25-18-10-5-4-9-17(18)20/h4-13H,1-3H3,(H,21,24)(H,22,23). The molecule has 0 saturated carbocycles. The number of rotatable bonds is 6. The van der Waals surface area contributed by atoms with E-state index in [9.17, 15) is 9.59 Å². The van der Waals surface area contributed by atoms with E-state index in [1.807, 2.05) is 25.1 Å². The third-order valence-corrected chi connectivity index (χ3v) is 3.89. The second-order valence-electron chi connectivity index (χ2n) is 5.73. The van der Waals surface area contributed by atoms with Crippen LogP contribution in [0.15, 0.2) is 48.5 Å². The molecule has 2 aromatic carbocycles. The molecule has 0 fully saturated rings. The van der Waals surface area contributed by atoms with Crippen LogP contribution in [0.4, 0.5) is 5.69 Å². The van der Waals surface area contributed by atoms with Gasteiger partial charge in [0.2, 0.25) is 5.91 Å². The van der Waals surface area contributed by atoms with Crippen molar-refractivity contribution in [3.8, 4) is 5.75 Å². The highest BCUT2D eigenvalue weighted by molar-refractivity contribution is 6.32. The van der Waals surface area contributed by atoms with Gasteiger partial charge in [0, 0.05) is 12.6 Å². The van der Waals surface area contributed by atoms with Crippen molar-refractivity contribution in [3.05, 3.63) is 59.1 Å². The van der Waals surface area contributed by atoms with Crippen molar-refractivity contribution >= 4 is 29.1 Å². The van der Waals surface area contributed by atoms with Crippen LogP contribution in [0.25, 0.3) is 0 Å². The first-order valence-corrected chi connectivity index (χ1v) is 8.33. The largest absolute Gasteiger partial charge is 0.479 e. The molecular weight excluding hydrogens is 340 g/mol. The fourth-order valence-corrected chi connectivity index (χ4v) is 2.47. The lowest BCUT2D eigenvalue weighted by Gasteiger charge is -2.20. The molecule has 2 amide bonds. The van der Waals surface area contributed by atoms with E-state index in [4.69, 9.17) is 16.3 Å². The van der Waals surface area contributed by atoms with Gasteiger partial charge in [-0.2, -0.15) is 0 Å². The van der Waals surface area contributed by atoms with Crippen molar-refractivity contribution in [3.63, 3.8) is 0 Å². The van der Waals surface area contributed by atoms with Gasteiger partial charge in [0.1, 0.15) is 5.75 Å². The highest BCUT2D eigenvalue weighted by atomic mass is 35.5. The second kappa shape index (κ2) is 8.53. The zero-order valence-corrected chi connectivity index (χ0v) is 15.1. The van der Waals surface area contributed by atoms with E-state index in [-0.39, 0.29) is 17.9 Å². The summed E-state index contributed by atoms with van der Waals surface area (Å²) in [6.45, 7) is 4.98. The van der Waals surface area contributed by atoms with Crippen LogP contribution in [0.2, 0.25) is 5.02 Å². The number of para-hydroxylation sites is 1. The van der Waals surface area contributed by atoms with Crippen molar-refractivity contribution in [2.75, 3.05) is 5.32 Å². The minimum atomic E-state index is -0.694. The summed E-state index contributed by atoms with van der Waals surface area (Å²) in [5.41, 5.74) is 1.57. The topological polar surface area (TPSA) is 67.4 Å². The monoisotopic (exact) mass is 360 g/mol. The van der Waals surface area contributed by atoms with Gasteiger partial charge in [-0.25, -0.2) is 0 Å². The van der Waals surface area contributed by atoms with Crippen LogP contribution in [0.1, 0.15) is 32.4 Å². The molecule has 0 aliphatic carbocycles.